The van der Waals surface area contributed by atoms with Crippen LogP contribution >= 0.6 is 0 Å². The number of rotatable bonds is 7. The lowest BCUT2D eigenvalue weighted by Gasteiger charge is -2.58. The van der Waals surface area contributed by atoms with Gasteiger partial charge in [0.15, 0.2) is 5.60 Å². The second-order valence-electron chi connectivity index (χ2n) is 19.4. The molecule has 6 rings (SSSR count). The summed E-state index contributed by atoms with van der Waals surface area (Å²) in [6.45, 7) is 23.1. The molecule has 0 bridgehead atoms. The van der Waals surface area contributed by atoms with Crippen LogP contribution in [0.2, 0.25) is 0 Å². The summed E-state index contributed by atoms with van der Waals surface area (Å²) in [5.41, 5.74) is -3.49. The van der Waals surface area contributed by atoms with Gasteiger partial charge in [0.25, 0.3) is 5.91 Å². The lowest BCUT2D eigenvalue weighted by atomic mass is 9.72. The van der Waals surface area contributed by atoms with Gasteiger partial charge in [-0.25, -0.2) is 0 Å². The number of nitrogens with one attached hydrogen (secondary N) is 2. The molecule has 9 nitrogen and oxygen atoms in total. The van der Waals surface area contributed by atoms with E-state index in [0.29, 0.717) is 25.4 Å². The predicted octanol–water partition coefficient (Wildman–Crippen LogP) is 7.28. The molecular weight excluding hydrogens is 592 g/mol. The minimum Gasteiger partial charge on any atom is -0.353 e. The molecule has 6 fully saturated rings. The van der Waals surface area contributed by atoms with Gasteiger partial charge in [-0.1, -0.05) is 38.5 Å². The second-order valence-corrected chi connectivity index (χ2v) is 19.4. The second kappa shape index (κ2) is 12.2. The SMILES string of the molecule is CC1(CCC2(C)NC(=O)C3(CC(C)(C)N(OC4CCCCC4)C(C)(C)C3)O2)NCC2(CC(C)(C)N(OC3CCCCC3)C(C)(C)C2)O1. The van der Waals surface area contributed by atoms with E-state index in [9.17, 15) is 4.79 Å². The Bertz CT molecular complexity index is 1120. The van der Waals surface area contributed by atoms with E-state index in [1.54, 1.807) is 0 Å². The van der Waals surface area contributed by atoms with E-state index in [1.165, 1.54) is 38.5 Å². The first-order chi connectivity index (χ1) is 21.7. The van der Waals surface area contributed by atoms with Crippen LogP contribution in [0.5, 0.6) is 0 Å². The maximum absolute atomic E-state index is 13.9. The van der Waals surface area contributed by atoms with Gasteiger partial charge in [-0.2, -0.15) is 10.1 Å². The summed E-state index contributed by atoms with van der Waals surface area (Å²) < 4.78 is 14.1. The average molecular weight is 661 g/mol. The van der Waals surface area contributed by atoms with Crippen LogP contribution in [-0.2, 0) is 23.9 Å². The first kappa shape index (κ1) is 36.0. The molecule has 2 aliphatic carbocycles. The molecule has 2 spiro atoms. The molecule has 2 atom stereocenters. The summed E-state index contributed by atoms with van der Waals surface area (Å²) >= 11 is 0. The maximum Gasteiger partial charge on any atom is 0.254 e. The number of hydroxylamine groups is 4. The van der Waals surface area contributed by atoms with E-state index in [4.69, 9.17) is 19.1 Å². The standard InChI is InChI=1S/C38H68N4O5/c1-31(2)23-37(24-32(3,4)41(31)44-28-17-13-11-14-18-28)27-39-35(9,46-37)21-22-36(10)40-30(43)38(47-36)25-33(5,6)42(34(7,8)26-38)45-29-19-15-12-16-20-29/h28-29,39H,11-27H2,1-10H3,(H,40,43). The molecule has 1 amide bonds. The predicted molar refractivity (Wildman–Crippen MR) is 184 cm³/mol. The van der Waals surface area contributed by atoms with E-state index < -0.39 is 17.1 Å². The summed E-state index contributed by atoms with van der Waals surface area (Å²) in [5.74, 6) is 0.00854. The van der Waals surface area contributed by atoms with Crippen molar-refractivity contribution in [3.63, 3.8) is 0 Å². The minimum absolute atomic E-state index is 0.00854. The summed E-state index contributed by atoms with van der Waals surface area (Å²) in [6, 6.07) is 0. The van der Waals surface area contributed by atoms with Crippen molar-refractivity contribution >= 4 is 5.91 Å². The van der Waals surface area contributed by atoms with E-state index in [2.05, 4.69) is 83.1 Å². The molecule has 2 N–H and O–H groups in total. The number of carbonyl (C=O) groups excluding carboxylic acids is 1. The Balaban J connectivity index is 1.10. The van der Waals surface area contributed by atoms with Gasteiger partial charge >= 0.3 is 0 Å². The minimum atomic E-state index is -0.889. The van der Waals surface area contributed by atoms with E-state index in [0.717, 1.165) is 51.5 Å². The molecule has 2 saturated carbocycles. The van der Waals surface area contributed by atoms with Crippen molar-refractivity contribution < 1.29 is 23.9 Å². The quantitative estimate of drug-likeness (QED) is 0.295. The molecule has 4 saturated heterocycles. The Hall–Kier alpha value is -0.810. The Labute approximate surface area is 285 Å². The number of amides is 1. The zero-order chi connectivity index (χ0) is 34.2. The summed E-state index contributed by atoms with van der Waals surface area (Å²) in [4.78, 5) is 27.4. The van der Waals surface area contributed by atoms with Crippen molar-refractivity contribution in [1.29, 1.82) is 0 Å². The van der Waals surface area contributed by atoms with Crippen LogP contribution in [0.15, 0.2) is 0 Å². The van der Waals surface area contributed by atoms with Crippen molar-refractivity contribution in [2.75, 3.05) is 6.54 Å². The molecule has 47 heavy (non-hydrogen) atoms. The van der Waals surface area contributed by atoms with Crippen LogP contribution in [0, 0.1) is 0 Å². The number of ether oxygens (including phenoxy) is 2. The summed E-state index contributed by atoms with van der Waals surface area (Å²) in [5, 5.41) is 11.6. The van der Waals surface area contributed by atoms with Crippen molar-refractivity contribution in [3.8, 4) is 0 Å². The van der Waals surface area contributed by atoms with E-state index in [1.807, 2.05) is 6.92 Å². The number of nitrogens with zero attached hydrogens (tertiary/aromatic N) is 2. The highest BCUT2D eigenvalue weighted by Crippen LogP contribution is 2.52. The fourth-order valence-corrected chi connectivity index (χ4v) is 11.2. The van der Waals surface area contributed by atoms with Crippen molar-refractivity contribution in [2.45, 2.75) is 229 Å². The van der Waals surface area contributed by atoms with Gasteiger partial charge in [0.2, 0.25) is 0 Å². The van der Waals surface area contributed by atoms with Crippen LogP contribution in [-0.4, -0.2) is 79.6 Å². The van der Waals surface area contributed by atoms with Gasteiger partial charge in [0.1, 0.15) is 11.4 Å². The smallest absolute Gasteiger partial charge is 0.254 e. The molecule has 9 heteroatoms. The fourth-order valence-electron chi connectivity index (χ4n) is 11.2. The maximum atomic E-state index is 13.9. The first-order valence-electron chi connectivity index (χ1n) is 19.1. The zero-order valence-corrected chi connectivity index (χ0v) is 31.6. The Morgan fingerprint density at radius 1 is 0.617 bits per heavy atom. The van der Waals surface area contributed by atoms with Gasteiger partial charge in [-0.05, 0) is 121 Å². The third-order valence-electron chi connectivity index (χ3n) is 12.3. The molecule has 6 aliphatic rings. The Morgan fingerprint density at radius 2 is 1.04 bits per heavy atom. The highest BCUT2D eigenvalue weighted by atomic mass is 16.7. The molecule has 0 aromatic carbocycles. The summed E-state index contributed by atoms with van der Waals surface area (Å²) in [6.07, 6.45) is 17.1. The normalized spacial score (nSPS) is 37.0. The Kier molecular flexibility index (Phi) is 9.31. The molecule has 0 aromatic heterocycles. The van der Waals surface area contributed by atoms with Crippen LogP contribution in [0.25, 0.3) is 0 Å². The zero-order valence-electron chi connectivity index (χ0n) is 31.6. The van der Waals surface area contributed by atoms with Gasteiger partial charge < -0.3 is 14.8 Å². The van der Waals surface area contributed by atoms with Gasteiger partial charge in [-0.3, -0.25) is 19.8 Å². The molecular formula is C38H68N4O5. The highest BCUT2D eigenvalue weighted by molar-refractivity contribution is 5.88. The summed E-state index contributed by atoms with van der Waals surface area (Å²) in [7, 11) is 0. The molecule has 0 aromatic rings. The van der Waals surface area contributed by atoms with Crippen LogP contribution in [0.3, 0.4) is 0 Å². The van der Waals surface area contributed by atoms with E-state index >= 15 is 0 Å². The average Bonchev–Trinajstić information content (AvgIpc) is 3.39. The number of carbonyl (C=O) groups is 1. The monoisotopic (exact) mass is 661 g/mol. The lowest BCUT2D eigenvalue weighted by molar-refractivity contribution is -0.332. The van der Waals surface area contributed by atoms with Crippen molar-refractivity contribution in [1.82, 2.24) is 20.8 Å². The van der Waals surface area contributed by atoms with Crippen LogP contribution in [0.1, 0.15) is 172 Å². The van der Waals surface area contributed by atoms with Gasteiger partial charge in [-0.15, -0.1) is 0 Å². The third kappa shape index (κ3) is 7.20. The van der Waals surface area contributed by atoms with Gasteiger partial charge in [0.05, 0.1) is 17.8 Å². The molecule has 4 aliphatic heterocycles. The Morgan fingerprint density at radius 3 is 1.51 bits per heavy atom. The van der Waals surface area contributed by atoms with E-state index in [-0.39, 0.29) is 39.8 Å². The molecule has 270 valence electrons. The number of hydrogen-bond acceptors (Lipinski definition) is 8. The lowest BCUT2D eigenvalue weighted by Crippen LogP contribution is -2.67. The fraction of sp³-hybridized carbons (Fsp3) is 0.974. The third-order valence-corrected chi connectivity index (χ3v) is 12.3. The molecule has 4 heterocycles. The van der Waals surface area contributed by atoms with Crippen molar-refractivity contribution in [2.24, 2.45) is 0 Å². The molecule has 2 unspecified atom stereocenters. The number of piperidine rings is 2. The highest BCUT2D eigenvalue weighted by Gasteiger charge is 2.64. The molecule has 0 radical (unpaired) electrons. The van der Waals surface area contributed by atoms with Crippen LogP contribution in [0.4, 0.5) is 0 Å². The van der Waals surface area contributed by atoms with Crippen LogP contribution < -0.4 is 10.6 Å². The van der Waals surface area contributed by atoms with Crippen molar-refractivity contribution in [3.05, 3.63) is 0 Å². The number of hydrogen-bond donors (Lipinski definition) is 2. The first-order valence-corrected chi connectivity index (χ1v) is 19.1. The topological polar surface area (TPSA) is 84.5 Å². The largest absolute Gasteiger partial charge is 0.353 e. The van der Waals surface area contributed by atoms with Gasteiger partial charge in [0, 0.05) is 41.5 Å².